The number of amides is 1. The number of aromatic nitrogens is 2. The number of piperazine rings is 1. The van der Waals surface area contributed by atoms with Crippen molar-refractivity contribution >= 4 is 5.91 Å². The zero-order valence-electron chi connectivity index (χ0n) is 11.5. The SMILES string of the molecule is Cc1noc([C@@H](C)N2CCN(C(=O)C3CC3)CC2)n1. The third-order valence-electron chi connectivity index (χ3n) is 4.00. The van der Waals surface area contributed by atoms with E-state index < -0.39 is 0 Å². The van der Waals surface area contributed by atoms with Crippen molar-refractivity contribution in [2.75, 3.05) is 26.2 Å². The molecular formula is C13H20N4O2. The first-order valence-corrected chi connectivity index (χ1v) is 6.98. The molecule has 0 bridgehead atoms. The Labute approximate surface area is 112 Å². The molecule has 1 aliphatic carbocycles. The number of carbonyl (C=O) groups is 1. The minimum Gasteiger partial charge on any atom is -0.340 e. The highest BCUT2D eigenvalue weighted by Gasteiger charge is 2.35. The molecule has 1 aromatic rings. The van der Waals surface area contributed by atoms with Crippen LogP contribution in [0.2, 0.25) is 0 Å². The van der Waals surface area contributed by atoms with Gasteiger partial charge in [-0.3, -0.25) is 9.69 Å². The Bertz CT molecular complexity index is 461. The Morgan fingerprint density at radius 3 is 2.53 bits per heavy atom. The molecule has 1 aromatic heterocycles. The normalized spacial score (nSPS) is 22.5. The van der Waals surface area contributed by atoms with Crippen LogP contribution in [-0.2, 0) is 4.79 Å². The van der Waals surface area contributed by atoms with E-state index in [2.05, 4.69) is 22.0 Å². The van der Waals surface area contributed by atoms with E-state index in [1.54, 1.807) is 0 Å². The van der Waals surface area contributed by atoms with Gasteiger partial charge in [-0.2, -0.15) is 4.98 Å². The van der Waals surface area contributed by atoms with Gasteiger partial charge in [0.05, 0.1) is 6.04 Å². The molecule has 3 rings (SSSR count). The van der Waals surface area contributed by atoms with Crippen LogP contribution in [0.25, 0.3) is 0 Å². The fourth-order valence-electron chi connectivity index (χ4n) is 2.56. The summed E-state index contributed by atoms with van der Waals surface area (Å²) in [5.74, 6) is 2.01. The van der Waals surface area contributed by atoms with Gasteiger partial charge >= 0.3 is 0 Å². The predicted octanol–water partition coefficient (Wildman–Crippen LogP) is 0.993. The molecule has 2 fully saturated rings. The van der Waals surface area contributed by atoms with Gasteiger partial charge in [0.1, 0.15) is 0 Å². The average molecular weight is 264 g/mol. The van der Waals surface area contributed by atoms with Crippen LogP contribution >= 0.6 is 0 Å². The predicted molar refractivity (Wildman–Crippen MR) is 68.3 cm³/mol. The third kappa shape index (κ3) is 2.63. The molecule has 0 unspecified atom stereocenters. The molecule has 1 saturated carbocycles. The Morgan fingerprint density at radius 1 is 1.32 bits per heavy atom. The van der Waals surface area contributed by atoms with Crippen molar-refractivity contribution in [3.05, 3.63) is 11.7 Å². The van der Waals surface area contributed by atoms with Crippen molar-refractivity contribution in [1.82, 2.24) is 19.9 Å². The maximum Gasteiger partial charge on any atom is 0.243 e. The molecular weight excluding hydrogens is 244 g/mol. The second kappa shape index (κ2) is 4.92. The molecule has 2 aliphatic rings. The lowest BCUT2D eigenvalue weighted by Gasteiger charge is -2.36. The molecule has 0 radical (unpaired) electrons. The van der Waals surface area contributed by atoms with Crippen LogP contribution in [0.4, 0.5) is 0 Å². The molecule has 104 valence electrons. The van der Waals surface area contributed by atoms with Crippen molar-refractivity contribution in [3.8, 4) is 0 Å². The summed E-state index contributed by atoms with van der Waals surface area (Å²) in [6.45, 7) is 7.28. The summed E-state index contributed by atoms with van der Waals surface area (Å²) >= 11 is 0. The van der Waals surface area contributed by atoms with E-state index in [0.717, 1.165) is 39.0 Å². The molecule has 0 spiro atoms. The molecule has 19 heavy (non-hydrogen) atoms. The zero-order chi connectivity index (χ0) is 13.4. The van der Waals surface area contributed by atoms with Crippen LogP contribution in [0.1, 0.15) is 37.5 Å². The van der Waals surface area contributed by atoms with E-state index in [0.29, 0.717) is 23.5 Å². The van der Waals surface area contributed by atoms with Crippen molar-refractivity contribution < 1.29 is 9.32 Å². The van der Waals surface area contributed by atoms with Crippen molar-refractivity contribution in [3.63, 3.8) is 0 Å². The smallest absolute Gasteiger partial charge is 0.243 e. The summed E-state index contributed by atoms with van der Waals surface area (Å²) in [5, 5.41) is 3.83. The molecule has 1 aliphatic heterocycles. The number of aryl methyl sites for hydroxylation is 1. The molecule has 0 aromatic carbocycles. The summed E-state index contributed by atoms with van der Waals surface area (Å²) < 4.78 is 5.22. The lowest BCUT2D eigenvalue weighted by atomic mass is 10.2. The van der Waals surface area contributed by atoms with E-state index in [1.165, 1.54) is 0 Å². The average Bonchev–Trinajstić information content (AvgIpc) is 3.19. The Kier molecular flexibility index (Phi) is 3.26. The van der Waals surface area contributed by atoms with Gasteiger partial charge in [-0.15, -0.1) is 0 Å². The van der Waals surface area contributed by atoms with E-state index in [4.69, 9.17) is 4.52 Å². The third-order valence-corrected chi connectivity index (χ3v) is 4.00. The Hall–Kier alpha value is -1.43. The van der Waals surface area contributed by atoms with Crippen LogP contribution in [-0.4, -0.2) is 52.0 Å². The maximum atomic E-state index is 12.0. The van der Waals surface area contributed by atoms with Gasteiger partial charge in [0.25, 0.3) is 0 Å². The van der Waals surface area contributed by atoms with Crippen LogP contribution < -0.4 is 0 Å². The Balaban J connectivity index is 1.56. The number of hydrogen-bond donors (Lipinski definition) is 0. The van der Waals surface area contributed by atoms with Gasteiger partial charge in [0.15, 0.2) is 5.82 Å². The van der Waals surface area contributed by atoms with Gasteiger partial charge in [-0.05, 0) is 26.7 Å². The highest BCUT2D eigenvalue weighted by Crippen LogP contribution is 2.31. The standard InChI is InChI=1S/C13H20N4O2/c1-9(12-14-10(2)15-19-12)16-5-7-17(8-6-16)13(18)11-3-4-11/h9,11H,3-8H2,1-2H3/t9-/m1/s1. The number of nitrogens with zero attached hydrogens (tertiary/aromatic N) is 4. The monoisotopic (exact) mass is 264 g/mol. The first kappa shape index (κ1) is 12.6. The van der Waals surface area contributed by atoms with Crippen LogP contribution in [0.3, 0.4) is 0 Å². The minimum atomic E-state index is 0.124. The quantitative estimate of drug-likeness (QED) is 0.814. The van der Waals surface area contributed by atoms with Crippen LogP contribution in [0, 0.1) is 12.8 Å². The molecule has 0 N–H and O–H groups in total. The molecule has 1 atom stereocenters. The van der Waals surface area contributed by atoms with Gasteiger partial charge < -0.3 is 9.42 Å². The van der Waals surface area contributed by atoms with Gasteiger partial charge in [0, 0.05) is 32.1 Å². The van der Waals surface area contributed by atoms with E-state index in [-0.39, 0.29) is 6.04 Å². The number of carbonyl (C=O) groups excluding carboxylic acids is 1. The summed E-state index contributed by atoms with van der Waals surface area (Å²) in [7, 11) is 0. The minimum absolute atomic E-state index is 0.124. The zero-order valence-corrected chi connectivity index (χ0v) is 11.5. The highest BCUT2D eigenvalue weighted by molar-refractivity contribution is 5.81. The van der Waals surface area contributed by atoms with Gasteiger partial charge in [-0.25, -0.2) is 0 Å². The van der Waals surface area contributed by atoms with E-state index in [1.807, 2.05) is 11.8 Å². The lowest BCUT2D eigenvalue weighted by Crippen LogP contribution is -2.49. The Morgan fingerprint density at radius 2 is 2.00 bits per heavy atom. The van der Waals surface area contributed by atoms with Gasteiger partial charge in [0.2, 0.25) is 11.8 Å². The lowest BCUT2D eigenvalue weighted by molar-refractivity contribution is -0.134. The first-order valence-electron chi connectivity index (χ1n) is 6.98. The van der Waals surface area contributed by atoms with Crippen LogP contribution in [0.5, 0.6) is 0 Å². The molecule has 2 heterocycles. The summed E-state index contributed by atoms with van der Waals surface area (Å²) in [4.78, 5) is 20.6. The summed E-state index contributed by atoms with van der Waals surface area (Å²) in [5.41, 5.74) is 0. The maximum absolute atomic E-state index is 12.0. The van der Waals surface area contributed by atoms with E-state index >= 15 is 0 Å². The second-order valence-corrected chi connectivity index (χ2v) is 5.49. The topological polar surface area (TPSA) is 62.5 Å². The van der Waals surface area contributed by atoms with Crippen molar-refractivity contribution in [2.45, 2.75) is 32.7 Å². The molecule has 6 heteroatoms. The summed E-state index contributed by atoms with van der Waals surface area (Å²) in [6.07, 6.45) is 2.16. The van der Waals surface area contributed by atoms with Crippen molar-refractivity contribution in [2.24, 2.45) is 5.92 Å². The summed E-state index contributed by atoms with van der Waals surface area (Å²) in [6, 6.07) is 0.124. The van der Waals surface area contributed by atoms with Crippen LogP contribution in [0.15, 0.2) is 4.52 Å². The molecule has 1 saturated heterocycles. The van der Waals surface area contributed by atoms with Crippen molar-refractivity contribution in [1.29, 1.82) is 0 Å². The number of rotatable bonds is 3. The molecule has 1 amide bonds. The first-order chi connectivity index (χ1) is 9.15. The number of hydrogen-bond acceptors (Lipinski definition) is 5. The largest absolute Gasteiger partial charge is 0.340 e. The second-order valence-electron chi connectivity index (χ2n) is 5.49. The van der Waals surface area contributed by atoms with E-state index in [9.17, 15) is 4.79 Å². The fourth-order valence-corrected chi connectivity index (χ4v) is 2.56. The van der Waals surface area contributed by atoms with Gasteiger partial charge in [-0.1, -0.05) is 5.16 Å². The highest BCUT2D eigenvalue weighted by atomic mass is 16.5. The molecule has 6 nitrogen and oxygen atoms in total. The fraction of sp³-hybridized carbons (Fsp3) is 0.769.